The Morgan fingerprint density at radius 2 is 0.843 bits per heavy atom. The second-order valence-electron chi connectivity index (χ2n) is 20.3. The Morgan fingerprint density at radius 3 is 1.39 bits per heavy atom. The summed E-state index contributed by atoms with van der Waals surface area (Å²) < 4.78 is 0. The smallest absolute Gasteiger partial charge is 0.0543 e. The number of benzene rings is 12. The molecule has 0 N–H and O–H groups in total. The fourth-order valence-electron chi connectivity index (χ4n) is 11.8. The van der Waals surface area contributed by atoms with Crippen molar-refractivity contribution in [2.45, 2.75) is 51.9 Å². The zero-order valence-electron chi connectivity index (χ0n) is 40.2. The van der Waals surface area contributed by atoms with Gasteiger partial charge in [0.25, 0.3) is 0 Å². The number of hydrogen-bond donors (Lipinski definition) is 0. The number of aryl methyl sites for hydroxylation is 1. The third kappa shape index (κ3) is 6.77. The van der Waals surface area contributed by atoms with Gasteiger partial charge >= 0.3 is 0 Å². The second kappa shape index (κ2) is 16.5. The molecule has 2 nitrogen and oxygen atoms in total. The normalized spacial score (nSPS) is 13.3. The Kier molecular flexibility index (Phi) is 9.89. The number of nitrogens with zero attached hydrogens (tertiary/aromatic N) is 2. The van der Waals surface area contributed by atoms with Crippen LogP contribution in [0.1, 0.15) is 56.7 Å². The molecule has 0 unspecified atom stereocenters. The van der Waals surface area contributed by atoms with Crippen molar-refractivity contribution in [1.82, 2.24) is 0 Å². The first-order chi connectivity index (χ1) is 34.3. The summed E-state index contributed by atoms with van der Waals surface area (Å²) in [5, 5.41) is 13.0. The minimum atomic E-state index is -0.0422. The van der Waals surface area contributed by atoms with Crippen LogP contribution in [0, 0.1) is 0 Å². The van der Waals surface area contributed by atoms with E-state index in [4.69, 9.17) is 0 Å². The third-order valence-corrected chi connectivity index (χ3v) is 15.4. The summed E-state index contributed by atoms with van der Waals surface area (Å²) in [6.45, 7) is 9.66. The average molecular weight is 899 g/mol. The van der Waals surface area contributed by atoms with E-state index in [0.29, 0.717) is 0 Å². The van der Waals surface area contributed by atoms with Gasteiger partial charge in [-0.1, -0.05) is 198 Å². The summed E-state index contributed by atoms with van der Waals surface area (Å²) in [4.78, 5) is 5.12. The standard InChI is InChI=1S/C68H54N2/c1-44(2)58-43-64(70(62-28-16-24-50-22-12-14-26-55(50)62)53-35-31-48(32-36-53)46-19-9-6-10-20-46)59-42-60-65-51(39-40-68(60,3)4)41-63(57-38-37-56(58)66(59)67(57)65)69(61-27-15-23-49-21-11-13-25-54(49)61)52-33-29-47(30-34-52)45-17-7-5-8-18-45/h5-38,41-44H,39-40H2,1-4H3. The van der Waals surface area contributed by atoms with Crippen LogP contribution >= 0.6 is 0 Å². The highest BCUT2D eigenvalue weighted by Crippen LogP contribution is 2.55. The van der Waals surface area contributed by atoms with Crippen LogP contribution in [0.2, 0.25) is 0 Å². The van der Waals surface area contributed by atoms with Crippen LogP contribution in [0.15, 0.2) is 224 Å². The van der Waals surface area contributed by atoms with Crippen molar-refractivity contribution < 1.29 is 0 Å². The minimum Gasteiger partial charge on any atom is -0.309 e. The Morgan fingerprint density at radius 1 is 0.371 bits per heavy atom. The SMILES string of the molecule is CC(C)c1cc(N(c2ccc(-c3ccccc3)cc2)c2cccc3ccccc23)c2cc3c4c(cc(N(c5ccc(-c6ccccc6)cc5)c5cccc6ccccc56)c5ccc1c2c54)CCC3(C)C. The van der Waals surface area contributed by atoms with Crippen molar-refractivity contribution in [3.05, 3.63) is 241 Å². The second-order valence-corrected chi connectivity index (χ2v) is 20.3. The molecule has 336 valence electrons. The van der Waals surface area contributed by atoms with E-state index in [1.165, 1.54) is 116 Å². The van der Waals surface area contributed by atoms with Crippen molar-refractivity contribution in [3.63, 3.8) is 0 Å². The molecule has 0 spiro atoms. The number of anilines is 6. The molecular formula is C68H54N2. The average Bonchev–Trinajstić information content (AvgIpc) is 3.41. The van der Waals surface area contributed by atoms with E-state index in [9.17, 15) is 0 Å². The minimum absolute atomic E-state index is 0.0422. The van der Waals surface area contributed by atoms with E-state index in [0.717, 1.165) is 24.2 Å². The fraction of sp³-hybridized carbons (Fsp3) is 0.118. The predicted molar refractivity (Wildman–Crippen MR) is 301 cm³/mol. The van der Waals surface area contributed by atoms with Crippen LogP contribution in [-0.2, 0) is 11.8 Å². The van der Waals surface area contributed by atoms with Gasteiger partial charge in [-0.3, -0.25) is 0 Å². The molecular weight excluding hydrogens is 845 g/mol. The van der Waals surface area contributed by atoms with Gasteiger partial charge < -0.3 is 9.80 Å². The summed E-state index contributed by atoms with van der Waals surface area (Å²) in [5.74, 6) is 0.274. The number of rotatable bonds is 9. The van der Waals surface area contributed by atoms with Crippen molar-refractivity contribution in [3.8, 4) is 22.3 Å². The molecule has 0 atom stereocenters. The van der Waals surface area contributed by atoms with Crippen LogP contribution in [0.3, 0.4) is 0 Å². The van der Waals surface area contributed by atoms with Crippen LogP contribution < -0.4 is 9.80 Å². The largest absolute Gasteiger partial charge is 0.309 e. The molecule has 0 radical (unpaired) electrons. The molecule has 12 aromatic rings. The molecule has 13 rings (SSSR count). The van der Waals surface area contributed by atoms with Gasteiger partial charge in [0.15, 0.2) is 0 Å². The van der Waals surface area contributed by atoms with E-state index in [1.54, 1.807) is 0 Å². The van der Waals surface area contributed by atoms with Crippen molar-refractivity contribution in [2.24, 2.45) is 0 Å². The first-order valence-corrected chi connectivity index (χ1v) is 25.0. The quantitative estimate of drug-likeness (QED) is 0.133. The Hall–Kier alpha value is -8.20. The third-order valence-electron chi connectivity index (χ3n) is 15.4. The monoisotopic (exact) mass is 898 g/mol. The van der Waals surface area contributed by atoms with Gasteiger partial charge in [0.1, 0.15) is 0 Å². The van der Waals surface area contributed by atoms with Gasteiger partial charge in [0.05, 0.1) is 22.7 Å². The van der Waals surface area contributed by atoms with Gasteiger partial charge in [-0.2, -0.15) is 0 Å². The summed E-state index contributed by atoms with van der Waals surface area (Å²) in [6, 6.07) is 83.8. The highest BCUT2D eigenvalue weighted by atomic mass is 15.2. The van der Waals surface area contributed by atoms with Crippen LogP contribution in [0.4, 0.5) is 34.1 Å². The van der Waals surface area contributed by atoms with Crippen LogP contribution in [-0.4, -0.2) is 0 Å². The molecule has 70 heavy (non-hydrogen) atoms. The first kappa shape index (κ1) is 41.9. The van der Waals surface area contributed by atoms with E-state index in [1.807, 2.05) is 0 Å². The molecule has 0 aromatic heterocycles. The lowest BCUT2D eigenvalue weighted by molar-refractivity contribution is 0.475. The first-order valence-electron chi connectivity index (χ1n) is 25.0. The molecule has 0 saturated carbocycles. The van der Waals surface area contributed by atoms with Crippen molar-refractivity contribution >= 4 is 88.0 Å². The van der Waals surface area contributed by atoms with Crippen molar-refractivity contribution in [1.29, 1.82) is 0 Å². The van der Waals surface area contributed by atoms with Crippen molar-refractivity contribution in [2.75, 3.05) is 9.80 Å². The molecule has 0 heterocycles. The maximum absolute atomic E-state index is 2.60. The zero-order valence-corrected chi connectivity index (χ0v) is 40.2. The zero-order chi connectivity index (χ0) is 47.1. The molecule has 0 aliphatic heterocycles. The maximum atomic E-state index is 2.60. The van der Waals surface area contributed by atoms with E-state index < -0.39 is 0 Å². The van der Waals surface area contributed by atoms with Gasteiger partial charge in [-0.25, -0.2) is 0 Å². The van der Waals surface area contributed by atoms with Gasteiger partial charge in [-0.15, -0.1) is 0 Å². The summed E-state index contributed by atoms with van der Waals surface area (Å²) in [6.07, 6.45) is 2.08. The topological polar surface area (TPSA) is 6.48 Å². The molecule has 1 aliphatic carbocycles. The summed E-state index contributed by atoms with van der Waals surface area (Å²) in [7, 11) is 0. The lowest BCUT2D eigenvalue weighted by atomic mass is 9.70. The highest BCUT2D eigenvalue weighted by molar-refractivity contribution is 6.31. The Balaban J connectivity index is 1.14. The van der Waals surface area contributed by atoms with Crippen LogP contribution in [0.5, 0.6) is 0 Å². The predicted octanol–water partition coefficient (Wildman–Crippen LogP) is 19.5. The van der Waals surface area contributed by atoms with Crippen LogP contribution in [0.25, 0.3) is 76.1 Å². The fourth-order valence-corrected chi connectivity index (χ4v) is 11.8. The molecule has 0 amide bonds. The van der Waals surface area contributed by atoms with E-state index >= 15 is 0 Å². The molecule has 0 saturated heterocycles. The van der Waals surface area contributed by atoms with Gasteiger partial charge in [0, 0.05) is 38.3 Å². The highest BCUT2D eigenvalue weighted by Gasteiger charge is 2.34. The van der Waals surface area contributed by atoms with Gasteiger partial charge in [-0.05, 0) is 145 Å². The number of fused-ring (bicyclic) bond motifs is 2. The molecule has 1 aliphatic rings. The molecule has 0 fully saturated rings. The van der Waals surface area contributed by atoms with Gasteiger partial charge in [0.2, 0.25) is 0 Å². The number of hydrogen-bond acceptors (Lipinski definition) is 2. The Labute approximate surface area is 411 Å². The molecule has 0 bridgehead atoms. The summed E-state index contributed by atoms with van der Waals surface area (Å²) >= 11 is 0. The molecule has 12 aromatic carbocycles. The maximum Gasteiger partial charge on any atom is 0.0543 e. The molecule has 2 heteroatoms. The summed E-state index contributed by atoms with van der Waals surface area (Å²) in [5.41, 5.74) is 16.1. The lowest BCUT2D eigenvalue weighted by Gasteiger charge is -2.37. The van der Waals surface area contributed by atoms with E-state index in [2.05, 4.69) is 262 Å². The lowest BCUT2D eigenvalue weighted by Crippen LogP contribution is -2.24. The Bertz CT molecular complexity index is 3910. The van der Waals surface area contributed by atoms with E-state index in [-0.39, 0.29) is 11.3 Å².